The van der Waals surface area contributed by atoms with E-state index in [4.69, 9.17) is 26.2 Å². The van der Waals surface area contributed by atoms with Crippen LogP contribution in [0.15, 0.2) is 0 Å². The van der Waals surface area contributed by atoms with Crippen molar-refractivity contribution in [3.63, 3.8) is 0 Å². The zero-order valence-corrected chi connectivity index (χ0v) is 9.76. The molecule has 9 nitrogen and oxygen atoms in total. The van der Waals surface area contributed by atoms with Crippen LogP contribution in [0.1, 0.15) is 12.8 Å². The average Bonchev–Trinajstić information content (AvgIpc) is 2.12. The molecule has 0 saturated heterocycles. The second kappa shape index (κ2) is 8.87. The van der Waals surface area contributed by atoms with Gasteiger partial charge in [0.1, 0.15) is 6.04 Å². The summed E-state index contributed by atoms with van der Waals surface area (Å²) in [6, 6.07) is -1.06. The van der Waals surface area contributed by atoms with E-state index in [0.29, 0.717) is 0 Å². The Morgan fingerprint density at radius 3 is 1.88 bits per heavy atom. The summed E-state index contributed by atoms with van der Waals surface area (Å²) in [6.07, 6.45) is -0.224. The van der Waals surface area contributed by atoms with E-state index in [9.17, 15) is 18.0 Å². The number of hydrogen-bond donors (Lipinski definition) is 5. The minimum Gasteiger partial charge on any atom is -0.481 e. The number of nitrogens with two attached hydrogens (primary N) is 2. The monoisotopic (exact) mass is 272 g/mol. The number of carboxylic acids is 2. The fourth-order valence-electron chi connectivity index (χ4n) is 0.551. The van der Waals surface area contributed by atoms with Crippen LogP contribution in [0, 0.1) is 0 Å². The standard InChI is InChI=1S/C5H9NO4.C2H7NO3S/c6-3(5(9)10)1-2-4(7)8;3-1-2-7(4,5)6/h3H,1-2,6H2,(H,7,8)(H,9,10);1-3H2,(H,4,5,6). The van der Waals surface area contributed by atoms with Crippen LogP contribution in [0.25, 0.3) is 0 Å². The summed E-state index contributed by atoms with van der Waals surface area (Å²) in [7, 11) is -3.80. The van der Waals surface area contributed by atoms with Crippen LogP contribution < -0.4 is 11.5 Å². The molecule has 0 fully saturated rings. The largest absolute Gasteiger partial charge is 0.481 e. The van der Waals surface area contributed by atoms with Crippen LogP contribution in [0.4, 0.5) is 0 Å². The van der Waals surface area contributed by atoms with Gasteiger partial charge in [-0.3, -0.25) is 14.1 Å². The van der Waals surface area contributed by atoms with Crippen LogP contribution in [0.5, 0.6) is 0 Å². The highest BCUT2D eigenvalue weighted by Crippen LogP contribution is 1.93. The number of hydrogen-bond acceptors (Lipinski definition) is 6. The van der Waals surface area contributed by atoms with Crippen LogP contribution in [-0.4, -0.2) is 53.5 Å². The van der Waals surface area contributed by atoms with Gasteiger partial charge in [0.05, 0.1) is 5.75 Å². The minimum absolute atomic E-state index is 0.0231. The molecular weight excluding hydrogens is 256 g/mol. The molecule has 0 aromatic rings. The Balaban J connectivity index is 0. The third kappa shape index (κ3) is 17.4. The van der Waals surface area contributed by atoms with E-state index in [1.54, 1.807) is 0 Å². The lowest BCUT2D eigenvalue weighted by atomic mass is 10.2. The molecule has 0 radical (unpaired) electrons. The van der Waals surface area contributed by atoms with Crippen molar-refractivity contribution in [2.24, 2.45) is 11.5 Å². The molecule has 0 aliphatic carbocycles. The lowest BCUT2D eigenvalue weighted by Gasteiger charge is -2.01. The third-order valence-corrected chi connectivity index (χ3v) is 2.11. The van der Waals surface area contributed by atoms with Gasteiger partial charge in [-0.2, -0.15) is 8.42 Å². The first-order valence-electron chi connectivity index (χ1n) is 4.45. The summed E-state index contributed by atoms with van der Waals surface area (Å²) in [5.74, 6) is -2.55. The molecule has 1 unspecified atom stereocenters. The first-order chi connectivity index (χ1) is 7.60. The second-order valence-electron chi connectivity index (χ2n) is 2.95. The Kier molecular flexibility index (Phi) is 9.47. The van der Waals surface area contributed by atoms with Crippen molar-refractivity contribution >= 4 is 22.1 Å². The quantitative estimate of drug-likeness (QED) is 0.345. The van der Waals surface area contributed by atoms with Crippen molar-refractivity contribution in [3.05, 3.63) is 0 Å². The molecule has 1 atom stereocenters. The van der Waals surface area contributed by atoms with E-state index in [0.717, 1.165) is 0 Å². The zero-order chi connectivity index (χ0) is 14.1. The lowest BCUT2D eigenvalue weighted by Crippen LogP contribution is -2.30. The van der Waals surface area contributed by atoms with Crippen molar-refractivity contribution in [3.8, 4) is 0 Å². The highest BCUT2D eigenvalue weighted by atomic mass is 32.2. The molecule has 0 spiro atoms. The zero-order valence-electron chi connectivity index (χ0n) is 8.94. The normalized spacial score (nSPS) is 12.2. The Morgan fingerprint density at radius 2 is 1.71 bits per heavy atom. The van der Waals surface area contributed by atoms with Gasteiger partial charge in [0.2, 0.25) is 0 Å². The fourth-order valence-corrected chi connectivity index (χ4v) is 0.849. The summed E-state index contributed by atoms with van der Waals surface area (Å²) in [4.78, 5) is 19.9. The van der Waals surface area contributed by atoms with Gasteiger partial charge in [0.25, 0.3) is 10.1 Å². The molecule has 0 amide bonds. The summed E-state index contributed by atoms with van der Waals surface area (Å²) >= 11 is 0. The predicted molar refractivity (Wildman–Crippen MR) is 58.0 cm³/mol. The molecule has 0 saturated carbocycles. The Hall–Kier alpha value is -1.23. The van der Waals surface area contributed by atoms with Crippen LogP contribution in [0.3, 0.4) is 0 Å². The Bertz CT molecular complexity index is 340. The van der Waals surface area contributed by atoms with Gasteiger partial charge < -0.3 is 21.7 Å². The maximum absolute atomic E-state index is 9.99. The highest BCUT2D eigenvalue weighted by Gasteiger charge is 2.12. The van der Waals surface area contributed by atoms with E-state index in [1.165, 1.54) is 0 Å². The molecule has 7 N–H and O–H groups in total. The molecule has 0 aromatic carbocycles. The van der Waals surface area contributed by atoms with Gasteiger partial charge in [-0.05, 0) is 6.42 Å². The summed E-state index contributed by atoms with van der Waals surface area (Å²) in [6.45, 7) is -0.0289. The molecule has 0 aliphatic rings. The fraction of sp³-hybridized carbons (Fsp3) is 0.714. The van der Waals surface area contributed by atoms with Crippen LogP contribution in [-0.2, 0) is 19.7 Å². The number of aliphatic carboxylic acids is 2. The molecule has 102 valence electrons. The van der Waals surface area contributed by atoms with Crippen LogP contribution >= 0.6 is 0 Å². The second-order valence-corrected chi connectivity index (χ2v) is 4.52. The Labute approximate surface area is 98.2 Å². The molecule has 17 heavy (non-hydrogen) atoms. The summed E-state index contributed by atoms with van der Waals surface area (Å²) in [5, 5.41) is 16.3. The number of rotatable bonds is 6. The average molecular weight is 272 g/mol. The van der Waals surface area contributed by atoms with E-state index in [-0.39, 0.29) is 25.1 Å². The molecule has 10 heteroatoms. The van der Waals surface area contributed by atoms with Gasteiger partial charge in [0, 0.05) is 13.0 Å². The van der Waals surface area contributed by atoms with Crippen molar-refractivity contribution in [2.75, 3.05) is 12.3 Å². The van der Waals surface area contributed by atoms with E-state index in [1.807, 2.05) is 0 Å². The van der Waals surface area contributed by atoms with Crippen molar-refractivity contribution in [2.45, 2.75) is 18.9 Å². The first-order valence-corrected chi connectivity index (χ1v) is 6.06. The maximum Gasteiger partial charge on any atom is 0.320 e. The maximum atomic E-state index is 9.99. The van der Waals surface area contributed by atoms with Gasteiger partial charge in [-0.25, -0.2) is 0 Å². The van der Waals surface area contributed by atoms with Gasteiger partial charge in [-0.15, -0.1) is 0 Å². The molecule has 0 bridgehead atoms. The third-order valence-electron chi connectivity index (χ3n) is 1.36. The molecule has 0 rings (SSSR count). The van der Waals surface area contributed by atoms with Gasteiger partial charge >= 0.3 is 11.9 Å². The van der Waals surface area contributed by atoms with Crippen molar-refractivity contribution in [1.82, 2.24) is 0 Å². The van der Waals surface area contributed by atoms with E-state index in [2.05, 4.69) is 0 Å². The SMILES string of the molecule is NC(CCC(=O)O)C(=O)O.NCCS(=O)(=O)O. The van der Waals surface area contributed by atoms with Crippen LogP contribution in [0.2, 0.25) is 0 Å². The molecule has 0 heterocycles. The minimum atomic E-state index is -3.80. The van der Waals surface area contributed by atoms with E-state index < -0.39 is 28.1 Å². The smallest absolute Gasteiger partial charge is 0.320 e. The summed E-state index contributed by atoms with van der Waals surface area (Å²) in [5.41, 5.74) is 9.78. The number of carbonyl (C=O) groups is 2. The molecule has 0 aliphatic heterocycles. The Morgan fingerprint density at radius 1 is 1.24 bits per heavy atom. The van der Waals surface area contributed by atoms with Crippen molar-refractivity contribution in [1.29, 1.82) is 0 Å². The lowest BCUT2D eigenvalue weighted by molar-refractivity contribution is -0.139. The molecule has 0 aromatic heterocycles. The van der Waals surface area contributed by atoms with Crippen molar-refractivity contribution < 1.29 is 32.8 Å². The predicted octanol–water partition coefficient (Wildman–Crippen LogP) is -1.90. The first kappa shape index (κ1) is 18.1. The van der Waals surface area contributed by atoms with Gasteiger partial charge in [-0.1, -0.05) is 0 Å². The summed E-state index contributed by atoms with van der Waals surface area (Å²) < 4.78 is 27.3. The van der Waals surface area contributed by atoms with E-state index >= 15 is 0 Å². The topological polar surface area (TPSA) is 181 Å². The molecular formula is C7H16N2O7S. The highest BCUT2D eigenvalue weighted by molar-refractivity contribution is 7.85. The van der Waals surface area contributed by atoms with Gasteiger partial charge in [0.15, 0.2) is 0 Å². The number of carboxylic acid groups (broad SMARTS) is 2.